The highest BCUT2D eigenvalue weighted by molar-refractivity contribution is 6.01. The summed E-state index contributed by atoms with van der Waals surface area (Å²) in [5.74, 6) is 0.691. The van der Waals surface area contributed by atoms with Crippen molar-refractivity contribution in [2.45, 2.75) is 26.5 Å². The molecule has 0 aliphatic rings. The monoisotopic (exact) mass is 426 g/mol. The molecule has 1 atom stereocenters. The van der Waals surface area contributed by atoms with Gasteiger partial charge in [0, 0.05) is 0 Å². The van der Waals surface area contributed by atoms with Gasteiger partial charge < -0.3 is 14.8 Å². The van der Waals surface area contributed by atoms with Crippen LogP contribution in [0.4, 0.5) is 0 Å². The molecule has 0 aliphatic carbocycles. The zero-order valence-corrected chi connectivity index (χ0v) is 18.5. The Morgan fingerprint density at radius 1 is 1.06 bits per heavy atom. The lowest BCUT2D eigenvalue weighted by Crippen LogP contribution is -2.27. The van der Waals surface area contributed by atoms with E-state index >= 15 is 0 Å². The van der Waals surface area contributed by atoms with Crippen LogP contribution in [0.15, 0.2) is 78.4 Å². The molecule has 0 heterocycles. The third kappa shape index (κ3) is 5.99. The van der Waals surface area contributed by atoms with E-state index in [2.05, 4.69) is 11.4 Å². The summed E-state index contributed by atoms with van der Waals surface area (Å²) < 4.78 is 11.4. The van der Waals surface area contributed by atoms with Crippen LogP contribution < -0.4 is 14.8 Å². The summed E-state index contributed by atoms with van der Waals surface area (Å²) in [5, 5.41) is 12.4. The van der Waals surface area contributed by atoms with Crippen LogP contribution in [0.1, 0.15) is 35.2 Å². The highest BCUT2D eigenvalue weighted by Gasteiger charge is 2.14. The maximum absolute atomic E-state index is 12.6. The summed E-state index contributed by atoms with van der Waals surface area (Å²) in [5.41, 5.74) is 3.89. The molecule has 3 aromatic carbocycles. The van der Waals surface area contributed by atoms with E-state index in [1.807, 2.05) is 68.4 Å². The number of benzene rings is 3. The maximum Gasteiger partial charge on any atom is 0.262 e. The predicted molar refractivity (Wildman–Crippen MR) is 125 cm³/mol. The number of methoxy groups -OCH3 is 1. The molecule has 5 heteroatoms. The normalized spacial score (nSPS) is 11.9. The number of nitrogens with zero attached hydrogens (tertiary/aromatic N) is 1. The first-order chi connectivity index (χ1) is 15.5. The van der Waals surface area contributed by atoms with Crippen molar-refractivity contribution in [3.63, 3.8) is 0 Å². The fraction of sp³-hybridized carbons (Fsp3) is 0.185. The minimum atomic E-state index is -0.428. The molecule has 0 spiro atoms. The summed E-state index contributed by atoms with van der Waals surface area (Å²) in [6.07, 6.45) is 1.54. The largest absolute Gasteiger partial charge is 0.493 e. The van der Waals surface area contributed by atoms with E-state index in [4.69, 9.17) is 9.47 Å². The summed E-state index contributed by atoms with van der Waals surface area (Å²) in [4.78, 5) is 12.6. The maximum atomic E-state index is 12.6. The van der Waals surface area contributed by atoms with Gasteiger partial charge >= 0.3 is 0 Å². The number of carbonyl (C=O) groups excluding carboxylic acids is 1. The van der Waals surface area contributed by atoms with E-state index in [0.29, 0.717) is 23.7 Å². The lowest BCUT2D eigenvalue weighted by atomic mass is 10.1. The Labute approximate surface area is 188 Å². The summed E-state index contributed by atoms with van der Waals surface area (Å²) in [7, 11) is 1.56. The Balaban J connectivity index is 1.73. The first-order valence-electron chi connectivity index (χ1n) is 10.3. The average molecular weight is 427 g/mol. The van der Waals surface area contributed by atoms with Gasteiger partial charge in [-0.1, -0.05) is 66.2 Å². The molecule has 1 amide bonds. The molecule has 3 aromatic rings. The fourth-order valence-corrected chi connectivity index (χ4v) is 3.27. The van der Waals surface area contributed by atoms with Crippen LogP contribution in [0.25, 0.3) is 6.08 Å². The number of aryl methyl sites for hydroxylation is 1. The molecule has 0 saturated heterocycles. The Kier molecular flexibility index (Phi) is 7.66. The van der Waals surface area contributed by atoms with Crippen molar-refractivity contribution in [2.75, 3.05) is 7.11 Å². The molecule has 5 nitrogen and oxygen atoms in total. The first kappa shape index (κ1) is 22.6. The van der Waals surface area contributed by atoms with Crippen LogP contribution in [-0.4, -0.2) is 13.0 Å². The predicted octanol–water partition coefficient (Wildman–Crippen LogP) is 5.37. The van der Waals surface area contributed by atoms with E-state index in [0.717, 1.165) is 11.1 Å². The molecule has 0 saturated carbocycles. The van der Waals surface area contributed by atoms with Gasteiger partial charge in [0.2, 0.25) is 0 Å². The molecular weight excluding hydrogens is 400 g/mol. The van der Waals surface area contributed by atoms with E-state index in [-0.39, 0.29) is 11.6 Å². The summed E-state index contributed by atoms with van der Waals surface area (Å²) in [6, 6.07) is 24.8. The Morgan fingerprint density at radius 3 is 2.53 bits per heavy atom. The number of nitrogens with one attached hydrogen (secondary N) is 1. The van der Waals surface area contributed by atoms with Crippen LogP contribution in [-0.2, 0) is 11.4 Å². The zero-order chi connectivity index (χ0) is 22.9. The molecule has 0 unspecified atom stereocenters. The van der Waals surface area contributed by atoms with Gasteiger partial charge in [-0.25, -0.2) is 0 Å². The van der Waals surface area contributed by atoms with Gasteiger partial charge in [-0.05, 0) is 48.7 Å². The van der Waals surface area contributed by atoms with Crippen LogP contribution in [0.2, 0.25) is 0 Å². The zero-order valence-electron chi connectivity index (χ0n) is 18.5. The van der Waals surface area contributed by atoms with Crippen molar-refractivity contribution in [2.24, 2.45) is 0 Å². The Morgan fingerprint density at radius 2 is 1.84 bits per heavy atom. The second-order valence-corrected chi connectivity index (χ2v) is 7.46. The molecule has 0 aliphatic heterocycles. The molecule has 162 valence electrons. The van der Waals surface area contributed by atoms with Gasteiger partial charge in [0.05, 0.1) is 13.2 Å². The summed E-state index contributed by atoms with van der Waals surface area (Å²) >= 11 is 0. The van der Waals surface area contributed by atoms with Crippen LogP contribution in [0.3, 0.4) is 0 Å². The molecular formula is C27H26N2O3. The third-order valence-electron chi connectivity index (χ3n) is 4.99. The Hall–Kier alpha value is -4.04. The molecule has 0 fully saturated rings. The minimum Gasteiger partial charge on any atom is -0.493 e. The van der Waals surface area contributed by atoms with Gasteiger partial charge in [-0.3, -0.25) is 4.79 Å². The minimum absolute atomic E-state index is 0.0169. The van der Waals surface area contributed by atoms with E-state index in [1.165, 1.54) is 5.56 Å². The Bertz CT molecular complexity index is 1150. The number of nitriles is 1. The lowest BCUT2D eigenvalue weighted by Gasteiger charge is -2.14. The summed E-state index contributed by atoms with van der Waals surface area (Å²) in [6.45, 7) is 4.33. The fourth-order valence-electron chi connectivity index (χ4n) is 3.27. The highest BCUT2D eigenvalue weighted by atomic mass is 16.5. The van der Waals surface area contributed by atoms with Crippen molar-refractivity contribution in [3.05, 3.63) is 101 Å². The number of carbonyl (C=O) groups is 1. The quantitative estimate of drug-likeness (QED) is 0.388. The molecule has 0 aromatic heterocycles. The molecule has 32 heavy (non-hydrogen) atoms. The number of hydrogen-bond acceptors (Lipinski definition) is 4. The lowest BCUT2D eigenvalue weighted by molar-refractivity contribution is -0.117. The van der Waals surface area contributed by atoms with E-state index in [1.54, 1.807) is 31.4 Å². The van der Waals surface area contributed by atoms with E-state index < -0.39 is 5.91 Å². The number of hydrogen-bond donors (Lipinski definition) is 1. The van der Waals surface area contributed by atoms with E-state index in [9.17, 15) is 10.1 Å². The second-order valence-electron chi connectivity index (χ2n) is 7.46. The SMILES string of the molecule is COc1cc(/C=C(\C#N)C(=O)N[C@@H](C)c2ccccc2)ccc1OCc1cccc(C)c1. The van der Waals surface area contributed by atoms with Gasteiger partial charge in [0.15, 0.2) is 11.5 Å². The van der Waals surface area contributed by atoms with Gasteiger partial charge in [-0.15, -0.1) is 0 Å². The number of rotatable bonds is 8. The average Bonchev–Trinajstić information content (AvgIpc) is 2.82. The third-order valence-corrected chi connectivity index (χ3v) is 4.99. The van der Waals surface area contributed by atoms with Gasteiger partial charge in [-0.2, -0.15) is 5.26 Å². The smallest absolute Gasteiger partial charge is 0.262 e. The van der Waals surface area contributed by atoms with Crippen molar-refractivity contribution >= 4 is 12.0 Å². The van der Waals surface area contributed by atoms with Crippen molar-refractivity contribution < 1.29 is 14.3 Å². The van der Waals surface area contributed by atoms with Crippen molar-refractivity contribution in [1.29, 1.82) is 5.26 Å². The molecule has 0 bridgehead atoms. The van der Waals surface area contributed by atoms with Crippen molar-refractivity contribution in [1.82, 2.24) is 5.32 Å². The number of amides is 1. The molecule has 1 N–H and O–H groups in total. The topological polar surface area (TPSA) is 71.3 Å². The highest BCUT2D eigenvalue weighted by Crippen LogP contribution is 2.30. The molecule has 0 radical (unpaired) electrons. The van der Waals surface area contributed by atoms with Crippen LogP contribution >= 0.6 is 0 Å². The van der Waals surface area contributed by atoms with Gasteiger partial charge in [0.25, 0.3) is 5.91 Å². The van der Waals surface area contributed by atoms with Crippen LogP contribution in [0, 0.1) is 18.3 Å². The van der Waals surface area contributed by atoms with Crippen LogP contribution in [0.5, 0.6) is 11.5 Å². The number of ether oxygens (including phenoxy) is 2. The first-order valence-corrected chi connectivity index (χ1v) is 10.3. The molecule has 3 rings (SSSR count). The standard InChI is InChI=1S/C27H26N2O3/c1-19-8-7-9-22(14-19)18-32-25-13-12-21(16-26(25)31-3)15-24(17-28)27(30)29-20(2)23-10-5-4-6-11-23/h4-16,20H,18H2,1-3H3,(H,29,30)/b24-15+/t20-/m0/s1. The van der Waals surface area contributed by atoms with Gasteiger partial charge in [0.1, 0.15) is 18.2 Å². The second kappa shape index (κ2) is 10.8. The van der Waals surface area contributed by atoms with Crippen molar-refractivity contribution in [3.8, 4) is 17.6 Å².